The van der Waals surface area contributed by atoms with Gasteiger partial charge in [-0.15, -0.1) is 0 Å². The highest BCUT2D eigenvalue weighted by atomic mass is 16.7. The molecule has 0 unspecified atom stereocenters. The van der Waals surface area contributed by atoms with Gasteiger partial charge in [-0.05, 0) is 47.9 Å². The number of nitrogens with one attached hydrogen (secondary N) is 1. The summed E-state index contributed by atoms with van der Waals surface area (Å²) in [6.45, 7) is 0.294. The van der Waals surface area contributed by atoms with Crippen molar-refractivity contribution >= 4 is 28.6 Å². The molecular weight excluding hydrogens is 458 g/mol. The maximum atomic E-state index is 13.7. The van der Waals surface area contributed by atoms with E-state index in [-0.39, 0.29) is 19.2 Å². The minimum absolute atomic E-state index is 0.156. The fourth-order valence-electron chi connectivity index (χ4n) is 5.55. The monoisotopic (exact) mass is 479 g/mol. The molecule has 3 aromatic carbocycles. The number of amides is 3. The lowest BCUT2D eigenvalue weighted by Crippen LogP contribution is -2.47. The first-order chi connectivity index (χ1) is 17.6. The molecule has 8 heteroatoms. The van der Waals surface area contributed by atoms with E-state index in [0.29, 0.717) is 35.6 Å². The number of benzene rings is 3. The van der Waals surface area contributed by atoms with Crippen molar-refractivity contribution < 1.29 is 23.9 Å². The number of aromatic amines is 1. The van der Waals surface area contributed by atoms with Crippen LogP contribution in [0.3, 0.4) is 0 Å². The van der Waals surface area contributed by atoms with Gasteiger partial charge in [0.2, 0.25) is 12.7 Å². The van der Waals surface area contributed by atoms with Crippen LogP contribution in [0.15, 0.2) is 66.7 Å². The predicted octanol–water partition coefficient (Wildman–Crippen LogP) is 3.67. The highest BCUT2D eigenvalue weighted by Crippen LogP contribution is 2.42. The molecule has 178 valence electrons. The summed E-state index contributed by atoms with van der Waals surface area (Å²) in [7, 11) is 0. The number of para-hydroxylation sites is 1. The Morgan fingerprint density at radius 2 is 1.64 bits per heavy atom. The van der Waals surface area contributed by atoms with Gasteiger partial charge in [0.05, 0.1) is 17.2 Å². The Morgan fingerprint density at radius 3 is 2.44 bits per heavy atom. The quantitative estimate of drug-likeness (QED) is 0.453. The molecule has 0 spiro atoms. The summed E-state index contributed by atoms with van der Waals surface area (Å²) < 4.78 is 11.1. The number of carbonyl (C=O) groups is 3. The maximum absolute atomic E-state index is 13.7. The highest BCUT2D eigenvalue weighted by molar-refractivity contribution is 6.22. The number of nitrogens with zero attached hydrogens (tertiary/aromatic N) is 2. The summed E-state index contributed by atoms with van der Waals surface area (Å²) in [5.41, 5.74) is 4.62. The van der Waals surface area contributed by atoms with Crippen LogP contribution in [0.2, 0.25) is 0 Å². The summed E-state index contributed by atoms with van der Waals surface area (Å²) in [5, 5.41) is 1.13. The fourth-order valence-corrected chi connectivity index (χ4v) is 5.55. The van der Waals surface area contributed by atoms with Crippen molar-refractivity contribution in [1.82, 2.24) is 14.8 Å². The average molecular weight is 479 g/mol. The Morgan fingerprint density at radius 1 is 0.917 bits per heavy atom. The first-order valence-electron chi connectivity index (χ1n) is 11.8. The van der Waals surface area contributed by atoms with Gasteiger partial charge < -0.3 is 19.4 Å². The standard InChI is InChI=1S/C28H21N3O5/c32-24(14-31-27(33)19-6-1-2-7-20(19)28(31)34)30-12-11-18-17-5-3-4-8-21(17)29-25(18)26(30)16-9-10-22-23(13-16)36-15-35-22/h1-10,13,26,29H,11-12,14-15H2/t26-/m1/s1. The van der Waals surface area contributed by atoms with Gasteiger partial charge in [-0.1, -0.05) is 36.4 Å². The molecule has 3 aliphatic rings. The smallest absolute Gasteiger partial charge is 0.262 e. The number of carbonyl (C=O) groups excluding carboxylic acids is 3. The Hall–Kier alpha value is -4.59. The van der Waals surface area contributed by atoms with Crippen molar-refractivity contribution in [2.75, 3.05) is 19.9 Å². The number of hydrogen-bond donors (Lipinski definition) is 1. The van der Waals surface area contributed by atoms with Gasteiger partial charge in [0.15, 0.2) is 11.5 Å². The minimum atomic E-state index is -0.438. The van der Waals surface area contributed by atoms with Gasteiger partial charge in [0.1, 0.15) is 6.54 Å². The summed E-state index contributed by atoms with van der Waals surface area (Å²) >= 11 is 0. The molecule has 4 aromatic rings. The molecule has 0 radical (unpaired) electrons. The van der Waals surface area contributed by atoms with E-state index < -0.39 is 17.9 Å². The molecule has 3 amide bonds. The van der Waals surface area contributed by atoms with E-state index in [1.54, 1.807) is 29.2 Å². The zero-order valence-electron chi connectivity index (χ0n) is 19.2. The molecule has 0 saturated carbocycles. The zero-order chi connectivity index (χ0) is 24.4. The molecule has 36 heavy (non-hydrogen) atoms. The van der Waals surface area contributed by atoms with Crippen LogP contribution in [0.4, 0.5) is 0 Å². The van der Waals surface area contributed by atoms with Gasteiger partial charge >= 0.3 is 0 Å². The van der Waals surface area contributed by atoms with Crippen molar-refractivity contribution in [3.63, 3.8) is 0 Å². The second-order valence-electron chi connectivity index (χ2n) is 9.16. The SMILES string of the molecule is O=C1c2ccccc2C(=O)N1CC(=O)N1CCc2c([nH]c3ccccc23)[C@H]1c1ccc2c(c1)OCO2. The third-order valence-electron chi connectivity index (χ3n) is 7.24. The van der Waals surface area contributed by atoms with Crippen LogP contribution in [-0.2, 0) is 11.2 Å². The van der Waals surface area contributed by atoms with Crippen LogP contribution < -0.4 is 9.47 Å². The summed E-state index contributed by atoms with van der Waals surface area (Å²) in [6.07, 6.45) is 0.661. The Labute approximate surface area is 206 Å². The molecule has 0 aliphatic carbocycles. The Bertz CT molecular complexity index is 1550. The molecule has 1 atom stereocenters. The third-order valence-corrected chi connectivity index (χ3v) is 7.24. The maximum Gasteiger partial charge on any atom is 0.262 e. The summed E-state index contributed by atoms with van der Waals surface area (Å²) in [5.74, 6) is 0.120. The first-order valence-corrected chi connectivity index (χ1v) is 11.8. The normalized spacial score (nSPS) is 18.1. The number of imide groups is 1. The van der Waals surface area contributed by atoms with Crippen LogP contribution in [0.25, 0.3) is 10.9 Å². The van der Waals surface area contributed by atoms with Crippen molar-refractivity contribution in [3.05, 3.63) is 94.7 Å². The van der Waals surface area contributed by atoms with E-state index >= 15 is 0 Å². The molecule has 0 saturated heterocycles. The second kappa shape index (κ2) is 7.71. The Balaban J connectivity index is 1.28. The number of H-pyrrole nitrogens is 1. The molecular formula is C28H21N3O5. The van der Waals surface area contributed by atoms with E-state index in [1.165, 1.54) is 0 Å². The molecule has 7 rings (SSSR count). The predicted molar refractivity (Wildman–Crippen MR) is 130 cm³/mol. The van der Waals surface area contributed by atoms with E-state index in [9.17, 15) is 14.4 Å². The third kappa shape index (κ3) is 2.97. The van der Waals surface area contributed by atoms with Gasteiger partial charge in [0.25, 0.3) is 11.8 Å². The first kappa shape index (κ1) is 20.8. The van der Waals surface area contributed by atoms with Crippen molar-refractivity contribution in [2.24, 2.45) is 0 Å². The number of ether oxygens (including phenoxy) is 2. The fraction of sp³-hybridized carbons (Fsp3) is 0.179. The molecule has 0 bridgehead atoms. The number of fused-ring (bicyclic) bond motifs is 5. The minimum Gasteiger partial charge on any atom is -0.454 e. The largest absolute Gasteiger partial charge is 0.454 e. The van der Waals surface area contributed by atoms with E-state index in [4.69, 9.17) is 9.47 Å². The lowest BCUT2D eigenvalue weighted by molar-refractivity contribution is -0.133. The Kier molecular flexibility index (Phi) is 4.44. The number of rotatable bonds is 3. The van der Waals surface area contributed by atoms with Gasteiger partial charge in [-0.2, -0.15) is 0 Å². The molecule has 3 aliphatic heterocycles. The van der Waals surface area contributed by atoms with Crippen LogP contribution in [0, 0.1) is 0 Å². The van der Waals surface area contributed by atoms with Gasteiger partial charge in [-0.25, -0.2) is 0 Å². The van der Waals surface area contributed by atoms with Gasteiger partial charge in [0, 0.05) is 23.1 Å². The average Bonchev–Trinajstić information content (AvgIpc) is 3.59. The number of hydrogen-bond acceptors (Lipinski definition) is 5. The summed E-state index contributed by atoms with van der Waals surface area (Å²) in [6, 6.07) is 20.0. The van der Waals surface area contributed by atoms with Crippen molar-refractivity contribution in [3.8, 4) is 11.5 Å². The van der Waals surface area contributed by atoms with Crippen LogP contribution >= 0.6 is 0 Å². The molecule has 4 heterocycles. The lowest BCUT2D eigenvalue weighted by atomic mass is 9.92. The van der Waals surface area contributed by atoms with Crippen molar-refractivity contribution in [2.45, 2.75) is 12.5 Å². The summed E-state index contributed by atoms with van der Waals surface area (Å²) in [4.78, 5) is 45.9. The molecule has 0 fully saturated rings. The van der Waals surface area contributed by atoms with Crippen LogP contribution in [-0.4, -0.2) is 52.4 Å². The van der Waals surface area contributed by atoms with Crippen molar-refractivity contribution in [1.29, 1.82) is 0 Å². The topological polar surface area (TPSA) is 91.9 Å². The highest BCUT2D eigenvalue weighted by Gasteiger charge is 2.40. The van der Waals surface area contributed by atoms with E-state index in [1.807, 2.05) is 36.4 Å². The van der Waals surface area contributed by atoms with Crippen LogP contribution in [0.1, 0.15) is 43.6 Å². The molecule has 1 aromatic heterocycles. The number of aromatic nitrogens is 1. The van der Waals surface area contributed by atoms with E-state index in [0.717, 1.165) is 32.6 Å². The van der Waals surface area contributed by atoms with Crippen LogP contribution in [0.5, 0.6) is 11.5 Å². The van der Waals surface area contributed by atoms with E-state index in [2.05, 4.69) is 11.1 Å². The second-order valence-corrected chi connectivity index (χ2v) is 9.16. The molecule has 1 N–H and O–H groups in total. The molecule has 8 nitrogen and oxygen atoms in total. The van der Waals surface area contributed by atoms with Gasteiger partial charge in [-0.3, -0.25) is 19.3 Å². The zero-order valence-corrected chi connectivity index (χ0v) is 19.2. The lowest BCUT2D eigenvalue weighted by Gasteiger charge is -2.37.